The van der Waals surface area contributed by atoms with Crippen LogP contribution in [-0.4, -0.2) is 19.2 Å². The van der Waals surface area contributed by atoms with Crippen LogP contribution in [0.15, 0.2) is 52.9 Å². The molecule has 0 saturated heterocycles. The van der Waals surface area contributed by atoms with Gasteiger partial charge in [-0.1, -0.05) is 53.4 Å². The van der Waals surface area contributed by atoms with E-state index < -0.39 is 0 Å². The van der Waals surface area contributed by atoms with Crippen molar-refractivity contribution >= 4 is 28.1 Å². The van der Waals surface area contributed by atoms with Gasteiger partial charge in [0.05, 0.1) is 14.2 Å². The molecule has 0 atom stereocenters. The number of nitrogens with zero attached hydrogens (tertiary/aromatic N) is 1. The van der Waals surface area contributed by atoms with Crippen molar-refractivity contribution in [2.75, 3.05) is 20.0 Å². The fraction of sp³-hybridized carbons (Fsp3) is 0.167. The lowest BCUT2D eigenvalue weighted by Gasteiger charge is -2.07. The molecule has 4 nitrogen and oxygen atoms in total. The molecule has 3 rings (SSSR count). The number of thiazole rings is 1. The Kier molecular flexibility index (Phi) is 5.27. The molecular weight excluding hydrogens is 340 g/mol. The van der Waals surface area contributed by atoms with Crippen LogP contribution in [0.5, 0.6) is 11.5 Å². The number of hydrogen-bond acceptors (Lipinski definition) is 6. The van der Waals surface area contributed by atoms with Crippen molar-refractivity contribution in [3.63, 3.8) is 0 Å². The molecule has 0 aliphatic carbocycles. The summed E-state index contributed by atoms with van der Waals surface area (Å²) in [5.41, 5.74) is 9.15. The molecular formula is C18H18N2O2S2. The molecule has 6 heteroatoms. The van der Waals surface area contributed by atoms with E-state index in [4.69, 9.17) is 15.2 Å². The topological polar surface area (TPSA) is 57.4 Å². The Morgan fingerprint density at radius 3 is 2.33 bits per heavy atom. The van der Waals surface area contributed by atoms with E-state index in [2.05, 4.69) is 4.98 Å². The third kappa shape index (κ3) is 3.83. The molecule has 2 aromatic carbocycles. The van der Waals surface area contributed by atoms with Crippen LogP contribution >= 0.6 is 23.1 Å². The second-order valence-corrected chi connectivity index (χ2v) is 7.32. The van der Waals surface area contributed by atoms with Crippen molar-refractivity contribution in [2.24, 2.45) is 0 Å². The first-order chi connectivity index (χ1) is 11.7. The van der Waals surface area contributed by atoms with Crippen molar-refractivity contribution in [3.05, 3.63) is 54.1 Å². The molecule has 1 aromatic heterocycles. The van der Waals surface area contributed by atoms with Gasteiger partial charge in [-0.2, -0.15) is 0 Å². The fourth-order valence-corrected chi connectivity index (χ4v) is 4.15. The van der Waals surface area contributed by atoms with Gasteiger partial charge in [-0.05, 0) is 17.7 Å². The zero-order chi connectivity index (χ0) is 16.9. The van der Waals surface area contributed by atoms with E-state index in [1.54, 1.807) is 26.0 Å². The summed E-state index contributed by atoms with van der Waals surface area (Å²) in [5.74, 6) is 2.34. The number of nitrogens with two attached hydrogens (primary N) is 1. The molecule has 1 heterocycles. The van der Waals surface area contributed by atoms with E-state index in [-0.39, 0.29) is 0 Å². The van der Waals surface area contributed by atoms with E-state index in [0.29, 0.717) is 0 Å². The van der Waals surface area contributed by atoms with Crippen molar-refractivity contribution < 1.29 is 9.47 Å². The van der Waals surface area contributed by atoms with Gasteiger partial charge in [-0.25, -0.2) is 4.98 Å². The van der Waals surface area contributed by atoms with Crippen molar-refractivity contribution in [1.82, 2.24) is 4.98 Å². The quantitative estimate of drug-likeness (QED) is 0.647. The van der Waals surface area contributed by atoms with Crippen LogP contribution in [0, 0.1) is 0 Å². The molecule has 0 unspecified atom stereocenters. The molecule has 0 saturated carbocycles. The van der Waals surface area contributed by atoms with E-state index in [1.807, 2.05) is 48.5 Å². The van der Waals surface area contributed by atoms with Crippen molar-refractivity contribution in [3.8, 4) is 22.8 Å². The summed E-state index contributed by atoms with van der Waals surface area (Å²) in [6.45, 7) is 0. The maximum atomic E-state index is 6.14. The first kappa shape index (κ1) is 16.7. The van der Waals surface area contributed by atoms with E-state index in [0.717, 1.165) is 43.4 Å². The van der Waals surface area contributed by atoms with Gasteiger partial charge in [-0.3, -0.25) is 0 Å². The van der Waals surface area contributed by atoms with Crippen LogP contribution in [-0.2, 0) is 5.75 Å². The lowest BCUT2D eigenvalue weighted by atomic mass is 10.2. The summed E-state index contributed by atoms with van der Waals surface area (Å²) < 4.78 is 11.6. The van der Waals surface area contributed by atoms with Crippen molar-refractivity contribution in [1.29, 1.82) is 0 Å². The number of anilines is 1. The van der Waals surface area contributed by atoms with Gasteiger partial charge in [0.1, 0.15) is 22.2 Å². The van der Waals surface area contributed by atoms with Gasteiger partial charge in [-0.15, -0.1) is 0 Å². The van der Waals surface area contributed by atoms with Gasteiger partial charge in [0.15, 0.2) is 4.34 Å². The largest absolute Gasteiger partial charge is 0.497 e. The van der Waals surface area contributed by atoms with Crippen LogP contribution in [0.25, 0.3) is 11.3 Å². The summed E-state index contributed by atoms with van der Waals surface area (Å²) in [4.78, 5) is 4.67. The molecule has 2 N–H and O–H groups in total. The Bertz CT molecular complexity index is 797. The van der Waals surface area contributed by atoms with Crippen LogP contribution in [0.3, 0.4) is 0 Å². The summed E-state index contributed by atoms with van der Waals surface area (Å²) in [6, 6.07) is 15.9. The number of ether oxygens (including phenoxy) is 2. The SMILES string of the molecule is COc1cc(CSc2nc(-c3ccccc3)c(N)s2)cc(OC)c1. The van der Waals surface area contributed by atoms with Gasteiger partial charge in [0.2, 0.25) is 0 Å². The number of hydrogen-bond donors (Lipinski definition) is 1. The zero-order valence-electron chi connectivity index (χ0n) is 13.5. The number of methoxy groups -OCH3 is 2. The zero-order valence-corrected chi connectivity index (χ0v) is 15.1. The average molecular weight is 358 g/mol. The highest BCUT2D eigenvalue weighted by Crippen LogP contribution is 2.37. The molecule has 24 heavy (non-hydrogen) atoms. The molecule has 0 fully saturated rings. The lowest BCUT2D eigenvalue weighted by Crippen LogP contribution is -1.90. The average Bonchev–Trinajstić information content (AvgIpc) is 3.01. The number of nitrogen functional groups attached to an aromatic ring is 1. The first-order valence-electron chi connectivity index (χ1n) is 7.36. The monoisotopic (exact) mass is 358 g/mol. The Morgan fingerprint density at radius 2 is 1.71 bits per heavy atom. The minimum atomic E-state index is 0.743. The predicted molar refractivity (Wildman–Crippen MR) is 101 cm³/mol. The maximum absolute atomic E-state index is 6.14. The molecule has 0 radical (unpaired) electrons. The van der Waals surface area contributed by atoms with Crippen LogP contribution in [0.4, 0.5) is 5.00 Å². The second-order valence-electron chi connectivity index (χ2n) is 5.07. The highest BCUT2D eigenvalue weighted by atomic mass is 32.2. The molecule has 0 aliphatic rings. The molecule has 0 aliphatic heterocycles. The molecule has 3 aromatic rings. The Hall–Kier alpha value is -2.18. The molecule has 0 bridgehead atoms. The normalized spacial score (nSPS) is 10.6. The van der Waals surface area contributed by atoms with Crippen LogP contribution < -0.4 is 15.2 Å². The summed E-state index contributed by atoms with van der Waals surface area (Å²) in [7, 11) is 3.30. The standard InChI is InChI=1S/C18H18N2O2S2/c1-21-14-8-12(9-15(10-14)22-2)11-23-18-20-16(17(19)24-18)13-6-4-3-5-7-13/h3-10H,11,19H2,1-2H3. The van der Waals surface area contributed by atoms with Gasteiger partial charge >= 0.3 is 0 Å². The predicted octanol–water partition coefficient (Wildman–Crippen LogP) is 4.70. The smallest absolute Gasteiger partial charge is 0.152 e. The molecule has 0 amide bonds. The van der Waals surface area contributed by atoms with Gasteiger partial charge < -0.3 is 15.2 Å². The van der Waals surface area contributed by atoms with E-state index >= 15 is 0 Å². The highest BCUT2D eigenvalue weighted by molar-refractivity contribution is 8.00. The second kappa shape index (κ2) is 7.59. The Balaban J connectivity index is 1.76. The number of thioether (sulfide) groups is 1. The Labute approximate surface area is 149 Å². The lowest BCUT2D eigenvalue weighted by molar-refractivity contribution is 0.393. The summed E-state index contributed by atoms with van der Waals surface area (Å²) in [5, 5.41) is 0.743. The van der Waals surface area contributed by atoms with E-state index in [9.17, 15) is 0 Å². The number of rotatable bonds is 6. The highest BCUT2D eigenvalue weighted by Gasteiger charge is 2.11. The van der Waals surface area contributed by atoms with Crippen LogP contribution in [0.2, 0.25) is 0 Å². The van der Waals surface area contributed by atoms with E-state index in [1.165, 1.54) is 11.3 Å². The third-order valence-corrected chi connectivity index (χ3v) is 5.55. The number of aromatic nitrogens is 1. The fourth-order valence-electron chi connectivity index (χ4n) is 2.27. The number of benzene rings is 2. The minimum Gasteiger partial charge on any atom is -0.497 e. The molecule has 124 valence electrons. The third-order valence-electron chi connectivity index (χ3n) is 3.45. The van der Waals surface area contributed by atoms with Gasteiger partial charge in [0.25, 0.3) is 0 Å². The Morgan fingerprint density at radius 1 is 1.04 bits per heavy atom. The van der Waals surface area contributed by atoms with Crippen LogP contribution in [0.1, 0.15) is 5.56 Å². The van der Waals surface area contributed by atoms with Crippen molar-refractivity contribution in [2.45, 2.75) is 10.1 Å². The molecule has 0 spiro atoms. The maximum Gasteiger partial charge on any atom is 0.152 e. The summed E-state index contributed by atoms with van der Waals surface area (Å²) in [6.07, 6.45) is 0. The van der Waals surface area contributed by atoms with Gasteiger partial charge in [0, 0.05) is 17.4 Å². The minimum absolute atomic E-state index is 0.743. The first-order valence-corrected chi connectivity index (χ1v) is 9.16. The summed E-state index contributed by atoms with van der Waals surface area (Å²) >= 11 is 3.17.